The van der Waals surface area contributed by atoms with E-state index in [0.717, 1.165) is 5.56 Å². The Morgan fingerprint density at radius 1 is 1.30 bits per heavy atom. The highest BCUT2D eigenvalue weighted by molar-refractivity contribution is 5.67. The van der Waals surface area contributed by atoms with E-state index >= 15 is 0 Å². The molecule has 5 heteroatoms. The van der Waals surface area contributed by atoms with Crippen molar-refractivity contribution < 1.29 is 9.84 Å². The van der Waals surface area contributed by atoms with Gasteiger partial charge in [0.25, 0.3) is 5.56 Å². The molecule has 2 rings (SSSR count). The van der Waals surface area contributed by atoms with Gasteiger partial charge in [0.15, 0.2) is 0 Å². The SMILES string of the molecule is COc1ccccc1-c1cc(C(C)(C)O)c(=O)n(C)n1. The van der Waals surface area contributed by atoms with Crippen LogP contribution in [0, 0.1) is 0 Å². The first-order valence-electron chi connectivity index (χ1n) is 6.29. The Labute approximate surface area is 117 Å². The fourth-order valence-electron chi connectivity index (χ4n) is 2.03. The molecule has 1 aromatic carbocycles. The van der Waals surface area contributed by atoms with E-state index in [-0.39, 0.29) is 5.56 Å². The second kappa shape index (κ2) is 5.09. The van der Waals surface area contributed by atoms with E-state index < -0.39 is 5.60 Å². The van der Waals surface area contributed by atoms with E-state index in [1.54, 1.807) is 34.1 Å². The summed E-state index contributed by atoms with van der Waals surface area (Å²) in [5.74, 6) is 0.667. The molecule has 2 aromatic rings. The summed E-state index contributed by atoms with van der Waals surface area (Å²) in [6.45, 7) is 3.16. The fraction of sp³-hybridized carbons (Fsp3) is 0.333. The van der Waals surface area contributed by atoms with Crippen molar-refractivity contribution in [2.75, 3.05) is 7.11 Å². The lowest BCUT2D eigenvalue weighted by molar-refractivity contribution is 0.0763. The number of hydrogen-bond donors (Lipinski definition) is 1. The Morgan fingerprint density at radius 2 is 1.95 bits per heavy atom. The molecule has 0 aliphatic rings. The molecule has 1 N–H and O–H groups in total. The normalized spacial score (nSPS) is 11.4. The average molecular weight is 274 g/mol. The second-order valence-electron chi connectivity index (χ2n) is 5.13. The maximum absolute atomic E-state index is 12.1. The number of para-hydroxylation sites is 1. The van der Waals surface area contributed by atoms with E-state index in [1.807, 2.05) is 24.3 Å². The van der Waals surface area contributed by atoms with Crippen molar-refractivity contribution in [3.05, 3.63) is 46.2 Å². The molecule has 0 fully saturated rings. The first kappa shape index (κ1) is 14.3. The molecule has 106 valence electrons. The summed E-state index contributed by atoms with van der Waals surface area (Å²) in [4.78, 5) is 12.1. The van der Waals surface area contributed by atoms with Crippen molar-refractivity contribution in [3.8, 4) is 17.0 Å². The molecule has 0 spiro atoms. The van der Waals surface area contributed by atoms with E-state index in [9.17, 15) is 9.90 Å². The molecule has 0 saturated carbocycles. The Kier molecular flexibility index (Phi) is 3.63. The van der Waals surface area contributed by atoms with Crippen LogP contribution in [0.5, 0.6) is 5.75 Å². The van der Waals surface area contributed by atoms with Gasteiger partial charge < -0.3 is 9.84 Å². The molecule has 0 bridgehead atoms. The molecule has 0 unspecified atom stereocenters. The molecule has 20 heavy (non-hydrogen) atoms. The first-order valence-corrected chi connectivity index (χ1v) is 6.29. The molecule has 1 aromatic heterocycles. The minimum absolute atomic E-state index is 0.302. The van der Waals surface area contributed by atoms with E-state index in [2.05, 4.69) is 5.10 Å². The number of rotatable bonds is 3. The number of hydrogen-bond acceptors (Lipinski definition) is 4. The van der Waals surface area contributed by atoms with Crippen molar-refractivity contribution in [1.29, 1.82) is 0 Å². The quantitative estimate of drug-likeness (QED) is 0.925. The molecule has 0 atom stereocenters. The Balaban J connectivity index is 2.71. The molecular weight excluding hydrogens is 256 g/mol. The number of aryl methyl sites for hydroxylation is 1. The number of benzene rings is 1. The van der Waals surface area contributed by atoms with Crippen molar-refractivity contribution in [1.82, 2.24) is 9.78 Å². The van der Waals surface area contributed by atoms with Gasteiger partial charge >= 0.3 is 0 Å². The Morgan fingerprint density at radius 3 is 2.55 bits per heavy atom. The van der Waals surface area contributed by atoms with Crippen LogP contribution >= 0.6 is 0 Å². The molecular formula is C15H18N2O3. The number of methoxy groups -OCH3 is 1. The molecule has 0 saturated heterocycles. The van der Waals surface area contributed by atoms with E-state index in [1.165, 1.54) is 4.68 Å². The maximum Gasteiger partial charge on any atom is 0.272 e. The van der Waals surface area contributed by atoms with Gasteiger partial charge in [-0.05, 0) is 32.0 Å². The Bertz CT molecular complexity index is 684. The maximum atomic E-state index is 12.1. The van der Waals surface area contributed by atoms with Gasteiger partial charge in [0, 0.05) is 12.6 Å². The van der Waals surface area contributed by atoms with Crippen LogP contribution in [0.15, 0.2) is 35.1 Å². The summed E-state index contributed by atoms with van der Waals surface area (Å²) in [5.41, 5.74) is 0.124. The predicted octanol–water partition coefficient (Wildman–Crippen LogP) is 1.68. The first-order chi connectivity index (χ1) is 9.34. The molecule has 0 aliphatic heterocycles. The van der Waals surface area contributed by atoms with Crippen LogP contribution in [0.2, 0.25) is 0 Å². The third kappa shape index (κ3) is 2.58. The van der Waals surface area contributed by atoms with Crippen molar-refractivity contribution >= 4 is 0 Å². The molecule has 1 heterocycles. The zero-order valence-corrected chi connectivity index (χ0v) is 12.0. The zero-order valence-electron chi connectivity index (χ0n) is 12.0. The molecule has 0 radical (unpaired) electrons. The highest BCUT2D eigenvalue weighted by atomic mass is 16.5. The smallest absolute Gasteiger partial charge is 0.272 e. The molecule has 0 aliphatic carbocycles. The van der Waals surface area contributed by atoms with Gasteiger partial charge in [-0.3, -0.25) is 4.79 Å². The van der Waals surface area contributed by atoms with Crippen LogP contribution in [-0.4, -0.2) is 22.0 Å². The summed E-state index contributed by atoms with van der Waals surface area (Å²) >= 11 is 0. The largest absolute Gasteiger partial charge is 0.496 e. The lowest BCUT2D eigenvalue weighted by Crippen LogP contribution is -2.32. The van der Waals surface area contributed by atoms with Gasteiger partial charge in [0.1, 0.15) is 5.75 Å². The number of ether oxygens (including phenoxy) is 1. The predicted molar refractivity (Wildman–Crippen MR) is 76.7 cm³/mol. The second-order valence-corrected chi connectivity index (χ2v) is 5.13. The summed E-state index contributed by atoms with van der Waals surface area (Å²) in [7, 11) is 3.15. The third-order valence-electron chi connectivity index (χ3n) is 3.11. The van der Waals surface area contributed by atoms with Crippen LogP contribution in [-0.2, 0) is 12.6 Å². The van der Waals surface area contributed by atoms with E-state index in [0.29, 0.717) is 17.0 Å². The highest BCUT2D eigenvalue weighted by Crippen LogP contribution is 2.29. The van der Waals surface area contributed by atoms with Crippen LogP contribution in [0.25, 0.3) is 11.3 Å². The van der Waals surface area contributed by atoms with Crippen molar-refractivity contribution in [2.45, 2.75) is 19.4 Å². The summed E-state index contributed by atoms with van der Waals surface area (Å²) in [6.07, 6.45) is 0. The number of aromatic nitrogens is 2. The number of nitrogens with zero attached hydrogens (tertiary/aromatic N) is 2. The molecule has 5 nitrogen and oxygen atoms in total. The van der Waals surface area contributed by atoms with Crippen LogP contribution in [0.4, 0.5) is 0 Å². The Hall–Kier alpha value is -2.14. The topological polar surface area (TPSA) is 64.3 Å². The third-order valence-corrected chi connectivity index (χ3v) is 3.11. The minimum Gasteiger partial charge on any atom is -0.496 e. The highest BCUT2D eigenvalue weighted by Gasteiger charge is 2.23. The van der Waals surface area contributed by atoms with Gasteiger partial charge in [-0.25, -0.2) is 4.68 Å². The standard InChI is InChI=1S/C15H18N2O3/c1-15(2,19)11-9-12(16-17(3)14(11)18)10-7-5-6-8-13(10)20-4/h5-9,19H,1-4H3. The van der Waals surface area contributed by atoms with Crippen molar-refractivity contribution in [3.63, 3.8) is 0 Å². The minimum atomic E-state index is -1.23. The van der Waals surface area contributed by atoms with Gasteiger partial charge in [0.05, 0.1) is 24.0 Å². The zero-order chi connectivity index (χ0) is 14.9. The lowest BCUT2D eigenvalue weighted by Gasteiger charge is -2.18. The monoisotopic (exact) mass is 274 g/mol. The van der Waals surface area contributed by atoms with Gasteiger partial charge in [-0.1, -0.05) is 12.1 Å². The fourth-order valence-corrected chi connectivity index (χ4v) is 2.03. The summed E-state index contributed by atoms with van der Waals surface area (Å²) < 4.78 is 6.54. The van der Waals surface area contributed by atoms with Crippen molar-refractivity contribution in [2.24, 2.45) is 7.05 Å². The van der Waals surface area contributed by atoms with Gasteiger partial charge in [-0.2, -0.15) is 5.10 Å². The van der Waals surface area contributed by atoms with Crippen LogP contribution < -0.4 is 10.3 Å². The van der Waals surface area contributed by atoms with E-state index in [4.69, 9.17) is 4.74 Å². The lowest BCUT2D eigenvalue weighted by atomic mass is 9.98. The van der Waals surface area contributed by atoms with Gasteiger partial charge in [0.2, 0.25) is 0 Å². The van der Waals surface area contributed by atoms with Gasteiger partial charge in [-0.15, -0.1) is 0 Å². The molecule has 0 amide bonds. The number of aliphatic hydroxyl groups is 1. The summed E-state index contributed by atoms with van der Waals surface area (Å²) in [6, 6.07) is 9.03. The summed E-state index contributed by atoms with van der Waals surface area (Å²) in [5, 5.41) is 14.4. The van der Waals surface area contributed by atoms with Crippen LogP contribution in [0.1, 0.15) is 19.4 Å². The average Bonchev–Trinajstić information content (AvgIpc) is 2.40. The van der Waals surface area contributed by atoms with Crippen LogP contribution in [0.3, 0.4) is 0 Å².